The van der Waals surface area contributed by atoms with E-state index in [1.807, 2.05) is 19.9 Å². The van der Waals surface area contributed by atoms with Crippen LogP contribution in [0.4, 0.5) is 4.39 Å². The Morgan fingerprint density at radius 2 is 1.56 bits per heavy atom. The van der Waals surface area contributed by atoms with Gasteiger partial charge in [-0.1, -0.05) is 36.9 Å². The van der Waals surface area contributed by atoms with Crippen LogP contribution >= 0.6 is 0 Å². The summed E-state index contributed by atoms with van der Waals surface area (Å²) in [6.45, 7) is 19.6. The highest BCUT2D eigenvalue weighted by atomic mass is 19.1. The lowest BCUT2D eigenvalue weighted by Gasteiger charge is -2.19. The van der Waals surface area contributed by atoms with Gasteiger partial charge in [0.25, 0.3) is 0 Å². The van der Waals surface area contributed by atoms with E-state index in [9.17, 15) is 4.39 Å². The zero-order valence-corrected chi connectivity index (χ0v) is 20.6. The molecule has 0 atom stereocenters. The van der Waals surface area contributed by atoms with E-state index in [2.05, 4.69) is 58.6 Å². The molecular weight excluding hydrogens is 395 g/mol. The molecule has 0 aromatic heterocycles. The van der Waals surface area contributed by atoms with Crippen LogP contribution in [0.2, 0.25) is 0 Å². The first-order valence-electron chi connectivity index (χ1n) is 11.1. The number of nitrogens with one attached hydrogen (secondary N) is 1. The predicted octanol–water partition coefficient (Wildman–Crippen LogP) is 7.37. The van der Waals surface area contributed by atoms with E-state index in [-0.39, 0.29) is 5.82 Å². The largest absolute Gasteiger partial charge is 0.402 e. The molecule has 2 rings (SSSR count). The van der Waals surface area contributed by atoms with Gasteiger partial charge in [-0.25, -0.2) is 4.39 Å². The van der Waals surface area contributed by atoms with Crippen LogP contribution in [0.25, 0.3) is 11.1 Å². The van der Waals surface area contributed by atoms with Gasteiger partial charge in [0.2, 0.25) is 0 Å². The van der Waals surface area contributed by atoms with Crippen LogP contribution in [0.15, 0.2) is 71.6 Å². The quantitative estimate of drug-likeness (QED) is 0.427. The summed E-state index contributed by atoms with van der Waals surface area (Å²) in [6, 6.07) is 10.9. The van der Waals surface area contributed by atoms with E-state index in [0.717, 1.165) is 46.6 Å². The second-order valence-corrected chi connectivity index (χ2v) is 8.65. The van der Waals surface area contributed by atoms with Crippen molar-refractivity contribution in [1.82, 2.24) is 5.32 Å². The molecule has 0 spiro atoms. The van der Waals surface area contributed by atoms with Crippen LogP contribution in [-0.4, -0.2) is 6.54 Å². The van der Waals surface area contributed by atoms with Crippen molar-refractivity contribution in [3.63, 3.8) is 0 Å². The fourth-order valence-electron chi connectivity index (χ4n) is 3.85. The number of hydrogen-bond donors (Lipinski definition) is 2. The normalized spacial score (nSPS) is 13.4. The lowest BCUT2D eigenvalue weighted by Crippen LogP contribution is -2.16. The van der Waals surface area contributed by atoms with Crippen LogP contribution in [0.1, 0.15) is 61.9 Å². The molecule has 0 aliphatic heterocycles. The molecule has 2 aromatic rings. The summed E-state index contributed by atoms with van der Waals surface area (Å²) in [6.07, 6.45) is 2.89. The standard InChI is InChI=1S/C29H37FN2/c1-18-9-10-19(2)29(23(18)6)28(24(7)31)15-16-32-25(8)22(5)20(3)17-21(4)26-11-13-27(30)14-12-26/h9-14,17,32H,3,15-16,31H2,1-2,4-8H3/b21-17+,25-22+,28-24-. The van der Waals surface area contributed by atoms with Gasteiger partial charge >= 0.3 is 0 Å². The zero-order chi connectivity index (χ0) is 24.0. The number of benzene rings is 2. The Labute approximate surface area is 193 Å². The molecule has 0 bridgehead atoms. The van der Waals surface area contributed by atoms with Gasteiger partial charge in [0, 0.05) is 17.9 Å². The van der Waals surface area contributed by atoms with Crippen molar-refractivity contribution in [3.8, 4) is 0 Å². The van der Waals surface area contributed by atoms with Crippen molar-refractivity contribution in [2.24, 2.45) is 5.73 Å². The van der Waals surface area contributed by atoms with Gasteiger partial charge < -0.3 is 11.1 Å². The molecule has 2 aromatic carbocycles. The molecule has 0 amide bonds. The monoisotopic (exact) mass is 432 g/mol. The summed E-state index contributed by atoms with van der Waals surface area (Å²) >= 11 is 0. The van der Waals surface area contributed by atoms with Gasteiger partial charge in [-0.05, 0) is 117 Å². The second kappa shape index (κ2) is 11.0. The minimum absolute atomic E-state index is 0.228. The van der Waals surface area contributed by atoms with Gasteiger partial charge in [-0.2, -0.15) is 0 Å². The molecule has 3 heteroatoms. The first-order chi connectivity index (χ1) is 15.0. The summed E-state index contributed by atoms with van der Waals surface area (Å²) in [7, 11) is 0. The summed E-state index contributed by atoms with van der Waals surface area (Å²) in [4.78, 5) is 0. The minimum Gasteiger partial charge on any atom is -0.402 e. The van der Waals surface area contributed by atoms with Crippen molar-refractivity contribution in [1.29, 1.82) is 0 Å². The van der Waals surface area contributed by atoms with E-state index in [1.165, 1.54) is 40.0 Å². The molecule has 0 saturated carbocycles. The van der Waals surface area contributed by atoms with Crippen LogP contribution in [0, 0.1) is 26.6 Å². The van der Waals surface area contributed by atoms with Crippen molar-refractivity contribution in [2.75, 3.05) is 6.54 Å². The van der Waals surface area contributed by atoms with Gasteiger partial charge in [0.05, 0.1) is 0 Å². The Morgan fingerprint density at radius 3 is 2.16 bits per heavy atom. The van der Waals surface area contributed by atoms with Crippen molar-refractivity contribution >= 4 is 11.1 Å². The molecule has 0 radical (unpaired) electrons. The van der Waals surface area contributed by atoms with Gasteiger partial charge in [0.1, 0.15) is 5.82 Å². The third-order valence-corrected chi connectivity index (χ3v) is 6.22. The summed E-state index contributed by atoms with van der Waals surface area (Å²) in [5, 5.41) is 3.54. The SMILES string of the molecule is C=C(/C=C(\C)c1ccc(F)cc1)/C(C)=C(\C)NCC/C(=C(\C)N)c1c(C)ccc(C)c1C. The Bertz CT molecular complexity index is 1080. The van der Waals surface area contributed by atoms with Crippen molar-refractivity contribution < 1.29 is 4.39 Å². The zero-order valence-electron chi connectivity index (χ0n) is 20.6. The van der Waals surface area contributed by atoms with Crippen molar-refractivity contribution in [3.05, 3.63) is 105 Å². The summed E-state index contributed by atoms with van der Waals surface area (Å²) in [5.74, 6) is -0.228. The summed E-state index contributed by atoms with van der Waals surface area (Å²) < 4.78 is 13.2. The van der Waals surface area contributed by atoms with Gasteiger partial charge in [-0.3, -0.25) is 0 Å². The lowest BCUT2D eigenvalue weighted by molar-refractivity contribution is 0.627. The molecule has 0 aliphatic carbocycles. The fourth-order valence-corrected chi connectivity index (χ4v) is 3.85. The molecular formula is C29H37FN2. The van der Waals surface area contributed by atoms with E-state index in [1.54, 1.807) is 12.1 Å². The van der Waals surface area contributed by atoms with E-state index < -0.39 is 0 Å². The number of halogens is 1. The molecule has 0 saturated heterocycles. The molecule has 3 N–H and O–H groups in total. The van der Waals surface area contributed by atoms with Crippen molar-refractivity contribution in [2.45, 2.75) is 54.9 Å². The Balaban J connectivity index is 2.13. The van der Waals surface area contributed by atoms with Crippen LogP contribution in [-0.2, 0) is 0 Å². The van der Waals surface area contributed by atoms with Gasteiger partial charge in [-0.15, -0.1) is 0 Å². The predicted molar refractivity (Wildman–Crippen MR) is 138 cm³/mol. The smallest absolute Gasteiger partial charge is 0.123 e. The number of hydrogen-bond acceptors (Lipinski definition) is 2. The minimum atomic E-state index is -0.228. The third-order valence-electron chi connectivity index (χ3n) is 6.22. The maximum Gasteiger partial charge on any atom is 0.123 e. The Hall–Kier alpha value is -3.07. The summed E-state index contributed by atoms with van der Waals surface area (Å²) in [5.41, 5.74) is 18.6. The average Bonchev–Trinajstić information content (AvgIpc) is 2.74. The fraction of sp³-hybridized carbons (Fsp3) is 0.310. The molecule has 0 fully saturated rings. The van der Waals surface area contributed by atoms with Crippen LogP contribution in [0.5, 0.6) is 0 Å². The van der Waals surface area contributed by atoms with Crippen LogP contribution < -0.4 is 11.1 Å². The highest BCUT2D eigenvalue weighted by Gasteiger charge is 2.12. The third kappa shape index (κ3) is 6.23. The number of allylic oxidation sites excluding steroid dienone is 6. The maximum absolute atomic E-state index is 13.2. The molecule has 170 valence electrons. The highest BCUT2D eigenvalue weighted by Crippen LogP contribution is 2.29. The first-order valence-corrected chi connectivity index (χ1v) is 11.1. The number of rotatable bonds is 8. The molecule has 0 heterocycles. The Morgan fingerprint density at radius 1 is 0.969 bits per heavy atom. The maximum atomic E-state index is 13.2. The topological polar surface area (TPSA) is 38.0 Å². The molecule has 2 nitrogen and oxygen atoms in total. The second-order valence-electron chi connectivity index (χ2n) is 8.65. The lowest BCUT2D eigenvalue weighted by atomic mass is 9.90. The van der Waals surface area contributed by atoms with Gasteiger partial charge in [0.15, 0.2) is 0 Å². The average molecular weight is 433 g/mol. The highest BCUT2D eigenvalue weighted by molar-refractivity contribution is 5.73. The van der Waals surface area contributed by atoms with Crippen LogP contribution in [0.3, 0.4) is 0 Å². The Kier molecular flexibility index (Phi) is 8.65. The number of nitrogens with two attached hydrogens (primary N) is 1. The van der Waals surface area contributed by atoms with E-state index in [0.29, 0.717) is 0 Å². The number of aryl methyl sites for hydroxylation is 2. The molecule has 0 unspecified atom stereocenters. The van der Waals surface area contributed by atoms with E-state index >= 15 is 0 Å². The van der Waals surface area contributed by atoms with E-state index in [4.69, 9.17) is 5.73 Å². The first kappa shape index (κ1) is 25.2. The molecule has 0 aliphatic rings. The molecule has 32 heavy (non-hydrogen) atoms.